The second kappa shape index (κ2) is 25.2. The van der Waals surface area contributed by atoms with Gasteiger partial charge in [0.2, 0.25) is 0 Å². The minimum absolute atomic E-state index is 0. The van der Waals surface area contributed by atoms with E-state index in [-0.39, 0.29) is 14.9 Å². The lowest BCUT2D eigenvalue weighted by atomic mass is 9.53. The van der Waals surface area contributed by atoms with Gasteiger partial charge in [0.25, 0.3) is 0 Å². The van der Waals surface area contributed by atoms with Crippen LogP contribution in [0.5, 0.6) is 0 Å². The average Bonchev–Trinajstić information content (AvgIpc) is 3.29. The molecule has 376 valence electrons. The molecule has 0 aromatic carbocycles. The van der Waals surface area contributed by atoms with Crippen molar-refractivity contribution < 1.29 is 0 Å². The van der Waals surface area contributed by atoms with Gasteiger partial charge in [-0.15, -0.1) is 0 Å². The quantitative estimate of drug-likeness (QED) is 0.183. The van der Waals surface area contributed by atoms with Crippen molar-refractivity contribution in [2.75, 3.05) is 0 Å². The minimum Gasteiger partial charge on any atom is -0.0776 e. The molecule has 0 N–H and O–H groups in total. The average molecular weight is 890 g/mol. The summed E-state index contributed by atoms with van der Waals surface area (Å²) in [7, 11) is 0. The lowest BCUT2D eigenvalue weighted by Crippen LogP contribution is -2.44. The molecular formula is C64H120. The summed E-state index contributed by atoms with van der Waals surface area (Å²) in [5, 5.41) is 0. The molecule has 0 heterocycles. The SMILES string of the molecule is C.C.CC[C@@H]1CC[C@@H]2CC[C@H]([C@@H](C)[C@H](C)[C@@H](C(C)C)[C@H]3CCC[C@H]4CCCC[C@H]43)[C@H](C)[C@@H]2C1.CC[C@H]1CC[C@H]2CC[C@@H]([C@H](C)[C@@H](C)[C@H](C(C)C)[C@@H]3CCC[C@@H]4CCCC[C@@H]43)[C@@H](C)[C@H]2C1. The van der Waals surface area contributed by atoms with Crippen molar-refractivity contribution in [3.63, 3.8) is 0 Å². The molecule has 0 radical (unpaired) electrons. The van der Waals surface area contributed by atoms with Gasteiger partial charge in [-0.1, -0.05) is 188 Å². The molecule has 0 bridgehead atoms. The maximum absolute atomic E-state index is 2.70. The van der Waals surface area contributed by atoms with Crippen LogP contribution in [-0.4, -0.2) is 0 Å². The molecule has 8 aliphatic rings. The molecule has 8 aliphatic carbocycles. The van der Waals surface area contributed by atoms with Crippen LogP contribution in [0, 0.1) is 142 Å². The minimum atomic E-state index is 0. The van der Waals surface area contributed by atoms with E-state index in [4.69, 9.17) is 0 Å². The van der Waals surface area contributed by atoms with E-state index in [2.05, 4.69) is 83.1 Å². The zero-order valence-corrected chi connectivity index (χ0v) is 44.2. The summed E-state index contributed by atoms with van der Waals surface area (Å²) in [6.45, 7) is 31.4. The Labute approximate surface area is 405 Å². The smallest absolute Gasteiger partial charge is 0.0331 e. The van der Waals surface area contributed by atoms with Gasteiger partial charge in [0.05, 0.1) is 0 Å². The summed E-state index contributed by atoms with van der Waals surface area (Å²) in [6.07, 6.45) is 39.8. The first-order chi connectivity index (χ1) is 29.8. The van der Waals surface area contributed by atoms with E-state index in [1.165, 1.54) is 77.0 Å². The van der Waals surface area contributed by atoms with E-state index in [0.29, 0.717) is 0 Å². The van der Waals surface area contributed by atoms with Crippen molar-refractivity contribution in [1.29, 1.82) is 0 Å². The van der Waals surface area contributed by atoms with Crippen LogP contribution in [-0.2, 0) is 0 Å². The Bertz CT molecular complexity index is 1190. The third kappa shape index (κ3) is 12.1. The molecule has 8 fully saturated rings. The van der Waals surface area contributed by atoms with Gasteiger partial charge in [0.1, 0.15) is 0 Å². The van der Waals surface area contributed by atoms with E-state index >= 15 is 0 Å². The monoisotopic (exact) mass is 889 g/mol. The van der Waals surface area contributed by atoms with E-state index in [9.17, 15) is 0 Å². The predicted molar refractivity (Wildman–Crippen MR) is 285 cm³/mol. The van der Waals surface area contributed by atoms with E-state index < -0.39 is 0 Å². The molecule has 8 rings (SSSR count). The van der Waals surface area contributed by atoms with Crippen LogP contribution >= 0.6 is 0 Å². The van der Waals surface area contributed by atoms with Gasteiger partial charge in [-0.3, -0.25) is 0 Å². The third-order valence-corrected chi connectivity index (χ3v) is 23.9. The molecule has 0 aromatic heterocycles. The Morgan fingerprint density at radius 2 is 0.672 bits per heavy atom. The van der Waals surface area contributed by atoms with Crippen LogP contribution in [0.15, 0.2) is 0 Å². The molecule has 0 aromatic rings. The van der Waals surface area contributed by atoms with Gasteiger partial charge in [-0.05, 0) is 219 Å². The van der Waals surface area contributed by atoms with E-state index in [1.54, 1.807) is 89.9 Å². The van der Waals surface area contributed by atoms with Gasteiger partial charge in [-0.2, -0.15) is 0 Å². The summed E-state index contributed by atoms with van der Waals surface area (Å²) in [4.78, 5) is 0. The Morgan fingerprint density at radius 3 is 1.03 bits per heavy atom. The van der Waals surface area contributed by atoms with Crippen LogP contribution in [0.25, 0.3) is 0 Å². The molecule has 0 heteroatoms. The summed E-state index contributed by atoms with van der Waals surface area (Å²) in [5.74, 6) is 23.8. The van der Waals surface area contributed by atoms with E-state index in [1.807, 2.05) is 0 Å². The highest BCUT2D eigenvalue weighted by atomic mass is 14.5. The lowest BCUT2D eigenvalue weighted by Gasteiger charge is -2.52. The number of fused-ring (bicyclic) bond motifs is 4. The van der Waals surface area contributed by atoms with Crippen LogP contribution in [0.3, 0.4) is 0 Å². The van der Waals surface area contributed by atoms with Crippen molar-refractivity contribution in [2.45, 2.75) is 265 Å². The highest BCUT2D eigenvalue weighted by Crippen LogP contribution is 2.57. The fourth-order valence-corrected chi connectivity index (χ4v) is 20.3. The van der Waals surface area contributed by atoms with E-state index in [0.717, 1.165) is 142 Å². The standard InChI is InChI=1S/2C31H56.2CH4/c2*1-7-24-15-16-26-17-18-27(23(6)30(26)19-24)21(4)22(5)31(20(2)3)29-14-10-12-25-11-8-9-13-28(25)29;;/h2*20-31H,7-19H2,1-6H3;2*1H4/t2*21-,22-,23-,24+,25+,26+,27+,28+,29-,30-,31+;;/m10../s1. The fourth-order valence-electron chi connectivity index (χ4n) is 20.3. The van der Waals surface area contributed by atoms with Crippen LogP contribution in [0.2, 0.25) is 0 Å². The molecular weight excluding hydrogens is 769 g/mol. The third-order valence-electron chi connectivity index (χ3n) is 23.9. The molecule has 0 amide bonds. The van der Waals surface area contributed by atoms with Crippen molar-refractivity contribution >= 4 is 0 Å². The lowest BCUT2D eigenvalue weighted by molar-refractivity contribution is -0.0288. The first-order valence-corrected chi connectivity index (χ1v) is 29.8. The zero-order chi connectivity index (χ0) is 44.2. The fraction of sp³-hybridized carbons (Fsp3) is 1.00. The second-order valence-electron chi connectivity index (χ2n) is 26.9. The first-order valence-electron chi connectivity index (χ1n) is 29.8. The molecule has 0 saturated heterocycles. The largest absolute Gasteiger partial charge is 0.0776 e. The van der Waals surface area contributed by atoms with Crippen molar-refractivity contribution in [1.82, 2.24) is 0 Å². The normalized spacial score (nSPS) is 42.8. The van der Waals surface area contributed by atoms with Gasteiger partial charge < -0.3 is 0 Å². The molecule has 0 aliphatic heterocycles. The number of rotatable bonds is 12. The Kier molecular flexibility index (Phi) is 21.6. The predicted octanol–water partition coefficient (Wildman–Crippen LogP) is 20.5. The van der Waals surface area contributed by atoms with Crippen LogP contribution in [0.4, 0.5) is 0 Å². The van der Waals surface area contributed by atoms with Gasteiger partial charge in [-0.25, -0.2) is 0 Å². The van der Waals surface area contributed by atoms with Crippen molar-refractivity contribution in [3.8, 4) is 0 Å². The topological polar surface area (TPSA) is 0 Å². The van der Waals surface area contributed by atoms with Crippen LogP contribution in [0.1, 0.15) is 265 Å². The maximum Gasteiger partial charge on any atom is -0.0331 e. The van der Waals surface area contributed by atoms with Crippen LogP contribution < -0.4 is 0 Å². The summed E-state index contributed by atoms with van der Waals surface area (Å²) >= 11 is 0. The number of hydrogen-bond acceptors (Lipinski definition) is 0. The molecule has 64 heavy (non-hydrogen) atoms. The Balaban J connectivity index is 0.000000234. The number of hydrogen-bond donors (Lipinski definition) is 0. The Hall–Kier alpha value is 0. The van der Waals surface area contributed by atoms with Gasteiger partial charge >= 0.3 is 0 Å². The van der Waals surface area contributed by atoms with Crippen molar-refractivity contribution in [2.24, 2.45) is 142 Å². The molecule has 0 unspecified atom stereocenters. The van der Waals surface area contributed by atoms with Crippen molar-refractivity contribution in [3.05, 3.63) is 0 Å². The summed E-state index contributed by atoms with van der Waals surface area (Å²) in [5.41, 5.74) is 0. The summed E-state index contributed by atoms with van der Waals surface area (Å²) in [6, 6.07) is 0. The molecule has 8 saturated carbocycles. The summed E-state index contributed by atoms with van der Waals surface area (Å²) < 4.78 is 0. The second-order valence-corrected chi connectivity index (χ2v) is 26.9. The highest BCUT2D eigenvalue weighted by molar-refractivity contribution is 4.98. The molecule has 22 atom stereocenters. The van der Waals surface area contributed by atoms with Gasteiger partial charge in [0.15, 0.2) is 0 Å². The van der Waals surface area contributed by atoms with Gasteiger partial charge in [0, 0.05) is 0 Å². The first kappa shape index (κ1) is 54.9. The molecule has 0 spiro atoms. The Morgan fingerprint density at radius 1 is 0.344 bits per heavy atom. The maximum atomic E-state index is 2.70. The zero-order valence-electron chi connectivity index (χ0n) is 44.2. The highest BCUT2D eigenvalue weighted by Gasteiger charge is 2.49. The molecule has 0 nitrogen and oxygen atoms in total.